The first kappa shape index (κ1) is 17.7. The Hall–Kier alpha value is -2.74. The van der Waals surface area contributed by atoms with Crippen LogP contribution in [0.1, 0.15) is 10.4 Å². The summed E-state index contributed by atoms with van der Waals surface area (Å²) in [7, 11) is 0. The Balaban J connectivity index is 1.78. The van der Waals surface area contributed by atoms with E-state index in [0.717, 1.165) is 10.1 Å². The van der Waals surface area contributed by atoms with Gasteiger partial charge in [-0.15, -0.1) is 11.3 Å². The molecule has 27 heavy (non-hydrogen) atoms. The van der Waals surface area contributed by atoms with Crippen molar-refractivity contribution in [1.29, 1.82) is 0 Å². The summed E-state index contributed by atoms with van der Waals surface area (Å²) in [6, 6.07) is 11.3. The number of halogens is 2. The average molecular weight is 419 g/mol. The number of carbonyl (C=O) groups is 1. The van der Waals surface area contributed by atoms with E-state index < -0.39 is 10.9 Å². The van der Waals surface area contributed by atoms with Crippen molar-refractivity contribution in [2.24, 2.45) is 4.99 Å². The van der Waals surface area contributed by atoms with Crippen LogP contribution in [0.5, 0.6) is 0 Å². The van der Waals surface area contributed by atoms with E-state index in [1.165, 1.54) is 29.5 Å². The Bertz CT molecular complexity index is 1180. The molecule has 2 aromatic carbocycles. The Morgan fingerprint density at radius 2 is 1.96 bits per heavy atom. The first-order valence-electron chi connectivity index (χ1n) is 7.58. The number of hydrogen-bond donors (Lipinski definition) is 0. The maximum absolute atomic E-state index is 12.2. The van der Waals surface area contributed by atoms with Gasteiger partial charge in [-0.05, 0) is 24.3 Å². The highest BCUT2D eigenvalue weighted by atomic mass is 35.5. The van der Waals surface area contributed by atoms with Gasteiger partial charge in [0.15, 0.2) is 5.70 Å². The van der Waals surface area contributed by atoms with E-state index in [1.807, 2.05) is 0 Å². The van der Waals surface area contributed by atoms with E-state index in [1.54, 1.807) is 30.3 Å². The third-order valence-corrected chi connectivity index (χ3v) is 5.71. The molecule has 1 aromatic heterocycles. The molecular formula is C18H8Cl2N2O4S. The number of benzene rings is 2. The molecule has 0 spiro atoms. The Labute approximate surface area is 166 Å². The number of nitro benzene ring substituents is 1. The molecule has 0 atom stereocenters. The second-order valence-electron chi connectivity index (χ2n) is 5.54. The molecular weight excluding hydrogens is 411 g/mol. The number of fused-ring (bicyclic) bond motifs is 1. The second kappa shape index (κ2) is 6.77. The minimum Gasteiger partial charge on any atom is -0.401 e. The number of esters is 1. The summed E-state index contributed by atoms with van der Waals surface area (Å²) >= 11 is 13.7. The van der Waals surface area contributed by atoms with E-state index in [9.17, 15) is 14.9 Å². The summed E-state index contributed by atoms with van der Waals surface area (Å²) in [5.41, 5.74) is 0.0931. The third kappa shape index (κ3) is 3.21. The summed E-state index contributed by atoms with van der Waals surface area (Å²) < 4.78 is 6.07. The summed E-state index contributed by atoms with van der Waals surface area (Å²) in [6.45, 7) is 0. The van der Waals surface area contributed by atoms with E-state index in [4.69, 9.17) is 27.9 Å². The number of nitrogens with zero attached hydrogens (tertiary/aromatic N) is 2. The van der Waals surface area contributed by atoms with Crippen LogP contribution in [0.3, 0.4) is 0 Å². The van der Waals surface area contributed by atoms with Crippen LogP contribution in [0.2, 0.25) is 10.0 Å². The molecule has 3 aromatic rings. The van der Waals surface area contributed by atoms with Gasteiger partial charge in [-0.1, -0.05) is 41.4 Å². The van der Waals surface area contributed by atoms with Crippen molar-refractivity contribution >= 4 is 68.3 Å². The molecule has 4 rings (SSSR count). The molecule has 0 radical (unpaired) electrons. The van der Waals surface area contributed by atoms with Gasteiger partial charge in [-0.2, -0.15) is 0 Å². The van der Waals surface area contributed by atoms with E-state index >= 15 is 0 Å². The summed E-state index contributed by atoms with van der Waals surface area (Å²) in [4.78, 5) is 27.5. The minimum absolute atomic E-state index is 0.0362. The number of carbonyl (C=O) groups excluding carboxylic acids is 1. The first-order chi connectivity index (χ1) is 12.9. The number of ether oxygens (including phenoxy) is 1. The highest BCUT2D eigenvalue weighted by Gasteiger charge is 2.28. The van der Waals surface area contributed by atoms with Crippen molar-refractivity contribution in [3.05, 3.63) is 78.8 Å². The Morgan fingerprint density at radius 1 is 1.19 bits per heavy atom. The normalized spacial score (nSPS) is 15.3. The smallest absolute Gasteiger partial charge is 0.363 e. The third-order valence-electron chi connectivity index (χ3n) is 3.83. The van der Waals surface area contributed by atoms with Crippen molar-refractivity contribution in [3.63, 3.8) is 0 Å². The summed E-state index contributed by atoms with van der Waals surface area (Å²) in [5, 5.41) is 12.9. The molecule has 1 aliphatic heterocycles. The van der Waals surface area contributed by atoms with Gasteiger partial charge >= 0.3 is 5.97 Å². The average Bonchev–Trinajstić information content (AvgIpc) is 3.15. The fraction of sp³-hybridized carbons (Fsp3) is 0. The lowest BCUT2D eigenvalue weighted by molar-refractivity contribution is -0.385. The van der Waals surface area contributed by atoms with Gasteiger partial charge in [0.25, 0.3) is 5.69 Å². The zero-order valence-electron chi connectivity index (χ0n) is 13.3. The summed E-state index contributed by atoms with van der Waals surface area (Å²) in [5.74, 6) is -0.637. The van der Waals surface area contributed by atoms with E-state index in [2.05, 4.69) is 4.99 Å². The number of aliphatic imine (C=N–C) groups is 1. The predicted molar refractivity (Wildman–Crippen MR) is 106 cm³/mol. The Kier molecular flexibility index (Phi) is 4.43. The van der Waals surface area contributed by atoms with E-state index in [-0.39, 0.29) is 22.8 Å². The standard InChI is InChI=1S/C18H8Cl2N2O4S/c19-10-5-6-11-14(8-10)27-16(15(11)20)17-21-12(18(23)26-17)7-9-3-1-2-4-13(9)22(24)25/h1-8H/b12-7-. The maximum atomic E-state index is 12.2. The lowest BCUT2D eigenvalue weighted by Gasteiger charge is -1.96. The highest BCUT2D eigenvalue weighted by Crippen LogP contribution is 2.38. The number of rotatable bonds is 3. The van der Waals surface area contributed by atoms with Crippen LogP contribution < -0.4 is 0 Å². The number of hydrogen-bond acceptors (Lipinski definition) is 6. The molecule has 0 amide bonds. The fourth-order valence-electron chi connectivity index (χ4n) is 2.61. The molecule has 6 nitrogen and oxygen atoms in total. The van der Waals surface area contributed by atoms with Crippen LogP contribution in [-0.4, -0.2) is 16.8 Å². The minimum atomic E-state index is -0.699. The van der Waals surface area contributed by atoms with Crippen LogP contribution in [0, 0.1) is 10.1 Å². The fourth-order valence-corrected chi connectivity index (χ4v) is 4.32. The predicted octanol–water partition coefficient (Wildman–Crippen LogP) is 5.46. The first-order valence-corrected chi connectivity index (χ1v) is 9.15. The summed E-state index contributed by atoms with van der Waals surface area (Å²) in [6.07, 6.45) is 1.32. The van der Waals surface area contributed by atoms with Gasteiger partial charge in [-0.25, -0.2) is 9.79 Å². The SMILES string of the molecule is O=C1OC(c2sc3cc(Cl)ccc3c2Cl)=N/C1=C\c1ccccc1[N+](=O)[O-]. The number of thiophene rings is 1. The van der Waals surface area contributed by atoms with Gasteiger partial charge in [0.1, 0.15) is 4.88 Å². The van der Waals surface area contributed by atoms with Gasteiger partial charge in [0, 0.05) is 21.2 Å². The number of para-hydroxylation sites is 1. The van der Waals surface area contributed by atoms with Gasteiger partial charge in [-0.3, -0.25) is 10.1 Å². The number of cyclic esters (lactones) is 1. The molecule has 9 heteroatoms. The molecule has 0 N–H and O–H groups in total. The topological polar surface area (TPSA) is 81.8 Å². The van der Waals surface area contributed by atoms with E-state index in [0.29, 0.717) is 14.9 Å². The second-order valence-corrected chi connectivity index (χ2v) is 7.40. The molecule has 0 saturated carbocycles. The van der Waals surface area contributed by atoms with Crippen molar-refractivity contribution in [2.75, 3.05) is 0 Å². The Morgan fingerprint density at radius 3 is 2.74 bits per heavy atom. The van der Waals surface area contributed by atoms with Crippen molar-refractivity contribution in [3.8, 4) is 0 Å². The molecule has 0 saturated heterocycles. The van der Waals surface area contributed by atoms with Crippen LogP contribution in [0.25, 0.3) is 16.2 Å². The van der Waals surface area contributed by atoms with Gasteiger partial charge in [0.2, 0.25) is 5.90 Å². The number of nitro groups is 1. The van der Waals surface area contributed by atoms with Gasteiger partial charge in [0.05, 0.1) is 15.5 Å². The monoisotopic (exact) mass is 418 g/mol. The van der Waals surface area contributed by atoms with Gasteiger partial charge < -0.3 is 4.74 Å². The lowest BCUT2D eigenvalue weighted by Crippen LogP contribution is -2.04. The molecule has 2 heterocycles. The molecule has 134 valence electrons. The molecule has 0 unspecified atom stereocenters. The van der Waals surface area contributed by atoms with Crippen LogP contribution in [-0.2, 0) is 9.53 Å². The van der Waals surface area contributed by atoms with Crippen LogP contribution in [0.4, 0.5) is 5.69 Å². The van der Waals surface area contributed by atoms with Crippen molar-refractivity contribution in [1.82, 2.24) is 0 Å². The van der Waals surface area contributed by atoms with Crippen LogP contribution in [0.15, 0.2) is 53.2 Å². The largest absolute Gasteiger partial charge is 0.401 e. The lowest BCUT2D eigenvalue weighted by atomic mass is 10.1. The molecule has 1 aliphatic rings. The molecule has 0 bridgehead atoms. The molecule has 0 fully saturated rings. The maximum Gasteiger partial charge on any atom is 0.363 e. The zero-order chi connectivity index (χ0) is 19.1. The quantitative estimate of drug-likeness (QED) is 0.244. The molecule has 0 aliphatic carbocycles. The van der Waals surface area contributed by atoms with Crippen LogP contribution >= 0.6 is 34.5 Å². The van der Waals surface area contributed by atoms with Crippen molar-refractivity contribution < 1.29 is 14.5 Å². The van der Waals surface area contributed by atoms with Crippen molar-refractivity contribution in [2.45, 2.75) is 0 Å². The highest BCUT2D eigenvalue weighted by molar-refractivity contribution is 7.21. The zero-order valence-corrected chi connectivity index (χ0v) is 15.6.